The van der Waals surface area contributed by atoms with Crippen molar-refractivity contribution in [3.63, 3.8) is 0 Å². The van der Waals surface area contributed by atoms with E-state index in [1.54, 1.807) is 0 Å². The van der Waals surface area contributed by atoms with Gasteiger partial charge in [-0.05, 0) is 29.7 Å². The van der Waals surface area contributed by atoms with E-state index in [0.717, 1.165) is 16.7 Å². The van der Waals surface area contributed by atoms with Crippen molar-refractivity contribution in [2.75, 3.05) is 13.2 Å². The van der Waals surface area contributed by atoms with Gasteiger partial charge in [0.15, 0.2) is 13.2 Å². The van der Waals surface area contributed by atoms with Crippen molar-refractivity contribution in [3.8, 4) is 5.75 Å². The van der Waals surface area contributed by atoms with E-state index >= 15 is 0 Å². The average molecular weight is 403 g/mol. The van der Waals surface area contributed by atoms with Crippen LogP contribution in [0.1, 0.15) is 29.7 Å². The zero-order valence-electron chi connectivity index (χ0n) is 16.9. The van der Waals surface area contributed by atoms with E-state index in [9.17, 15) is 9.59 Å². The third kappa shape index (κ3) is 6.48. The molecule has 1 N–H and O–H groups in total. The SMILES string of the molecule is C[C@H](NC(=O)COC(=O)COc1ccccc1Cc1ccccc1)c1ccccc1. The van der Waals surface area contributed by atoms with Gasteiger partial charge in [-0.1, -0.05) is 78.9 Å². The topological polar surface area (TPSA) is 64.6 Å². The second-order valence-corrected chi connectivity index (χ2v) is 6.92. The summed E-state index contributed by atoms with van der Waals surface area (Å²) >= 11 is 0. The molecular formula is C25H25NO4. The van der Waals surface area contributed by atoms with Gasteiger partial charge in [-0.2, -0.15) is 0 Å². The second kappa shape index (κ2) is 10.8. The third-order valence-corrected chi connectivity index (χ3v) is 4.60. The molecule has 3 aromatic carbocycles. The fraction of sp³-hybridized carbons (Fsp3) is 0.200. The molecule has 3 rings (SSSR count). The molecule has 0 aliphatic carbocycles. The molecule has 1 atom stereocenters. The molecule has 0 spiro atoms. The largest absolute Gasteiger partial charge is 0.482 e. The molecular weight excluding hydrogens is 378 g/mol. The minimum Gasteiger partial charge on any atom is -0.482 e. The summed E-state index contributed by atoms with van der Waals surface area (Å²) < 4.78 is 10.7. The summed E-state index contributed by atoms with van der Waals surface area (Å²) in [7, 11) is 0. The quantitative estimate of drug-likeness (QED) is 0.547. The van der Waals surface area contributed by atoms with Crippen LogP contribution in [-0.4, -0.2) is 25.1 Å². The predicted molar refractivity (Wildman–Crippen MR) is 115 cm³/mol. The molecule has 0 bridgehead atoms. The van der Waals surface area contributed by atoms with E-state index in [1.165, 1.54) is 0 Å². The number of ether oxygens (including phenoxy) is 2. The standard InChI is InChI=1S/C25H25NO4/c1-19(21-12-6-3-7-13-21)26-24(27)17-30-25(28)18-29-23-15-9-8-14-22(23)16-20-10-4-2-5-11-20/h2-15,19H,16-18H2,1H3,(H,26,27)/t19-/m0/s1. The van der Waals surface area contributed by atoms with Crippen molar-refractivity contribution in [1.82, 2.24) is 5.32 Å². The zero-order valence-corrected chi connectivity index (χ0v) is 16.9. The molecule has 0 saturated carbocycles. The lowest BCUT2D eigenvalue weighted by molar-refractivity contribution is -0.150. The Kier molecular flexibility index (Phi) is 7.61. The van der Waals surface area contributed by atoms with Crippen LogP contribution in [-0.2, 0) is 20.7 Å². The first kappa shape index (κ1) is 21.1. The van der Waals surface area contributed by atoms with Crippen LogP contribution in [0.4, 0.5) is 0 Å². The maximum atomic E-state index is 12.0. The Labute approximate surface area is 176 Å². The number of para-hydroxylation sites is 1. The van der Waals surface area contributed by atoms with Gasteiger partial charge < -0.3 is 14.8 Å². The van der Waals surface area contributed by atoms with E-state index in [-0.39, 0.29) is 25.2 Å². The molecule has 5 nitrogen and oxygen atoms in total. The highest BCUT2D eigenvalue weighted by Crippen LogP contribution is 2.21. The first-order valence-electron chi connectivity index (χ1n) is 9.86. The highest BCUT2D eigenvalue weighted by atomic mass is 16.6. The van der Waals surface area contributed by atoms with Crippen LogP contribution in [0.25, 0.3) is 0 Å². The lowest BCUT2D eigenvalue weighted by Gasteiger charge is -2.14. The molecule has 0 aliphatic rings. The molecule has 0 unspecified atom stereocenters. The molecule has 0 heterocycles. The van der Waals surface area contributed by atoms with Gasteiger partial charge in [0.2, 0.25) is 0 Å². The van der Waals surface area contributed by atoms with Crippen LogP contribution in [0.3, 0.4) is 0 Å². The van der Waals surface area contributed by atoms with Crippen molar-refractivity contribution in [2.45, 2.75) is 19.4 Å². The number of esters is 1. The summed E-state index contributed by atoms with van der Waals surface area (Å²) in [5.74, 6) is -0.323. The smallest absolute Gasteiger partial charge is 0.344 e. The predicted octanol–water partition coefficient (Wildman–Crippen LogP) is 4.08. The second-order valence-electron chi connectivity index (χ2n) is 6.92. The van der Waals surface area contributed by atoms with E-state index in [2.05, 4.69) is 5.32 Å². The monoisotopic (exact) mass is 403 g/mol. The number of nitrogens with one attached hydrogen (secondary N) is 1. The van der Waals surface area contributed by atoms with Crippen molar-refractivity contribution in [3.05, 3.63) is 102 Å². The van der Waals surface area contributed by atoms with Gasteiger partial charge in [0.1, 0.15) is 5.75 Å². The number of rotatable bonds is 9. The normalized spacial score (nSPS) is 11.4. The van der Waals surface area contributed by atoms with Crippen molar-refractivity contribution >= 4 is 11.9 Å². The number of hydrogen-bond donors (Lipinski definition) is 1. The fourth-order valence-electron chi connectivity index (χ4n) is 3.04. The highest BCUT2D eigenvalue weighted by Gasteiger charge is 2.13. The maximum absolute atomic E-state index is 12.0. The summed E-state index contributed by atoms with van der Waals surface area (Å²) in [6.07, 6.45) is 0.700. The Hall–Kier alpha value is -3.60. The molecule has 30 heavy (non-hydrogen) atoms. The summed E-state index contributed by atoms with van der Waals surface area (Å²) in [5.41, 5.74) is 3.11. The summed E-state index contributed by atoms with van der Waals surface area (Å²) in [6, 6.07) is 27.0. The number of benzene rings is 3. The first-order valence-corrected chi connectivity index (χ1v) is 9.86. The van der Waals surface area contributed by atoms with Gasteiger partial charge in [0.05, 0.1) is 6.04 Å². The summed E-state index contributed by atoms with van der Waals surface area (Å²) in [4.78, 5) is 24.1. The van der Waals surface area contributed by atoms with E-state index in [4.69, 9.17) is 9.47 Å². The molecule has 3 aromatic rings. The lowest BCUT2D eigenvalue weighted by Crippen LogP contribution is -2.31. The van der Waals surface area contributed by atoms with E-state index in [0.29, 0.717) is 12.2 Å². The van der Waals surface area contributed by atoms with Crippen molar-refractivity contribution in [1.29, 1.82) is 0 Å². The number of carbonyl (C=O) groups is 2. The van der Waals surface area contributed by atoms with Crippen LogP contribution < -0.4 is 10.1 Å². The Bertz CT molecular complexity index is 957. The van der Waals surface area contributed by atoms with E-state index < -0.39 is 5.97 Å². The molecule has 0 radical (unpaired) electrons. The number of amides is 1. The average Bonchev–Trinajstić information content (AvgIpc) is 2.78. The summed E-state index contributed by atoms with van der Waals surface area (Å²) in [5, 5.41) is 2.80. The Balaban J connectivity index is 1.45. The Morgan fingerprint density at radius 3 is 2.20 bits per heavy atom. The molecule has 0 fully saturated rings. The molecule has 0 aliphatic heterocycles. The van der Waals surface area contributed by atoms with Crippen LogP contribution in [0.15, 0.2) is 84.9 Å². The minimum atomic E-state index is -0.591. The van der Waals surface area contributed by atoms with Gasteiger partial charge in [-0.3, -0.25) is 4.79 Å². The van der Waals surface area contributed by atoms with Crippen LogP contribution in [0, 0.1) is 0 Å². The molecule has 0 aromatic heterocycles. The zero-order chi connectivity index (χ0) is 21.2. The van der Waals surface area contributed by atoms with Crippen LogP contribution in [0.2, 0.25) is 0 Å². The van der Waals surface area contributed by atoms with Crippen molar-refractivity contribution < 1.29 is 19.1 Å². The molecule has 154 valence electrons. The summed E-state index contributed by atoms with van der Waals surface area (Å²) in [6.45, 7) is 1.28. The van der Waals surface area contributed by atoms with E-state index in [1.807, 2.05) is 91.9 Å². The van der Waals surface area contributed by atoms with Crippen molar-refractivity contribution in [2.24, 2.45) is 0 Å². The first-order chi connectivity index (χ1) is 14.6. The molecule has 5 heteroatoms. The maximum Gasteiger partial charge on any atom is 0.344 e. The van der Waals surface area contributed by atoms with Gasteiger partial charge in [0, 0.05) is 6.42 Å². The van der Waals surface area contributed by atoms with Gasteiger partial charge in [-0.15, -0.1) is 0 Å². The van der Waals surface area contributed by atoms with Crippen LogP contribution in [0.5, 0.6) is 5.75 Å². The fourth-order valence-corrected chi connectivity index (χ4v) is 3.04. The molecule has 1 amide bonds. The Morgan fingerprint density at radius 2 is 1.47 bits per heavy atom. The lowest BCUT2D eigenvalue weighted by atomic mass is 10.0. The third-order valence-electron chi connectivity index (χ3n) is 4.60. The van der Waals surface area contributed by atoms with Gasteiger partial charge in [0.25, 0.3) is 5.91 Å². The van der Waals surface area contributed by atoms with Gasteiger partial charge >= 0.3 is 5.97 Å². The number of hydrogen-bond acceptors (Lipinski definition) is 4. The molecule has 0 saturated heterocycles. The number of carbonyl (C=O) groups excluding carboxylic acids is 2. The minimum absolute atomic E-state index is 0.168. The highest BCUT2D eigenvalue weighted by molar-refractivity contribution is 5.81. The van der Waals surface area contributed by atoms with Gasteiger partial charge in [-0.25, -0.2) is 4.79 Å². The van der Waals surface area contributed by atoms with Crippen LogP contribution >= 0.6 is 0 Å². The Morgan fingerprint density at radius 1 is 0.833 bits per heavy atom.